The number of rotatable bonds is 11. The van der Waals surface area contributed by atoms with Crippen LogP contribution in [0.25, 0.3) is 0 Å². The van der Waals surface area contributed by atoms with Gasteiger partial charge in [-0.25, -0.2) is 0 Å². The molecule has 0 bridgehead atoms. The van der Waals surface area contributed by atoms with E-state index in [1.807, 2.05) is 26.0 Å². The van der Waals surface area contributed by atoms with Crippen molar-refractivity contribution in [3.63, 3.8) is 0 Å². The zero-order valence-corrected chi connectivity index (χ0v) is 20.1. The predicted octanol–water partition coefficient (Wildman–Crippen LogP) is 6.83. The Morgan fingerprint density at radius 1 is 0.793 bits per heavy atom. The van der Waals surface area contributed by atoms with E-state index < -0.39 is 0 Å². The fraction of sp³-hybridized carbons (Fsp3) is 0.458. The molecule has 0 amide bonds. The molecule has 0 saturated carbocycles. The number of aryl methyl sites for hydroxylation is 2. The lowest BCUT2D eigenvalue weighted by Crippen LogP contribution is -2.46. The molecule has 2 aromatic rings. The van der Waals surface area contributed by atoms with Crippen LogP contribution < -0.4 is 10.6 Å². The van der Waals surface area contributed by atoms with Gasteiger partial charge < -0.3 is 22.5 Å². The average molecular weight is 438 g/mol. The molecule has 2 N–H and O–H groups in total. The summed E-state index contributed by atoms with van der Waals surface area (Å²) in [5.74, 6) is 0. The molecule has 2 aromatic carbocycles. The van der Waals surface area contributed by atoms with Crippen molar-refractivity contribution in [2.75, 3.05) is 50.4 Å². The van der Waals surface area contributed by atoms with Crippen LogP contribution >= 0.6 is 23.2 Å². The van der Waals surface area contributed by atoms with Gasteiger partial charge in [-0.2, -0.15) is 0 Å². The predicted molar refractivity (Wildman–Crippen MR) is 131 cm³/mol. The van der Waals surface area contributed by atoms with E-state index in [-0.39, 0.29) is 7.43 Å². The van der Waals surface area contributed by atoms with Gasteiger partial charge >= 0.3 is 0 Å². The van der Waals surface area contributed by atoms with Crippen LogP contribution in [0.4, 0.5) is 11.4 Å². The Morgan fingerprint density at radius 2 is 1.21 bits per heavy atom. The van der Waals surface area contributed by atoms with Gasteiger partial charge in [0.05, 0.1) is 26.7 Å². The second-order valence-corrected chi connectivity index (χ2v) is 8.69. The van der Waals surface area contributed by atoms with Crippen LogP contribution in [0.15, 0.2) is 36.4 Å². The van der Waals surface area contributed by atoms with Crippen molar-refractivity contribution in [1.82, 2.24) is 0 Å². The molecular weight excluding hydrogens is 401 g/mol. The molecule has 0 radical (unpaired) electrons. The minimum absolute atomic E-state index is 0. The van der Waals surface area contributed by atoms with Crippen molar-refractivity contribution in [3.05, 3.63) is 65.0 Å². The van der Waals surface area contributed by atoms with Crippen LogP contribution in [-0.4, -0.2) is 44.3 Å². The van der Waals surface area contributed by atoms with Gasteiger partial charge in [-0.15, -0.1) is 0 Å². The number of nitrogens with zero attached hydrogens (tertiary/aromatic N) is 1. The minimum Gasteiger partial charge on any atom is -0.385 e. The molecule has 5 heteroatoms. The normalized spacial score (nSPS) is 11.1. The van der Waals surface area contributed by atoms with E-state index in [2.05, 4.69) is 48.9 Å². The molecule has 0 atom stereocenters. The number of hydrogen-bond acceptors (Lipinski definition) is 2. The van der Waals surface area contributed by atoms with Crippen LogP contribution in [0.3, 0.4) is 0 Å². The highest BCUT2D eigenvalue weighted by Crippen LogP contribution is 2.21. The Labute approximate surface area is 188 Å². The maximum absolute atomic E-state index is 6.20. The Hall–Kier alpha value is -1.42. The third-order valence-electron chi connectivity index (χ3n) is 5.51. The summed E-state index contributed by atoms with van der Waals surface area (Å²) in [7, 11) is 2.35. The summed E-state index contributed by atoms with van der Waals surface area (Å²) in [6, 6.07) is 12.3. The molecule has 29 heavy (non-hydrogen) atoms. The Bertz CT molecular complexity index is 702. The zero-order valence-electron chi connectivity index (χ0n) is 18.6. The van der Waals surface area contributed by atoms with Crippen LogP contribution in [-0.2, 0) is 0 Å². The number of halogens is 2. The Kier molecular flexibility index (Phi) is 10.9. The van der Waals surface area contributed by atoms with Crippen molar-refractivity contribution in [1.29, 1.82) is 0 Å². The highest BCUT2D eigenvalue weighted by atomic mass is 35.5. The summed E-state index contributed by atoms with van der Waals surface area (Å²) in [5, 5.41) is 8.62. The second-order valence-electron chi connectivity index (χ2n) is 7.87. The van der Waals surface area contributed by atoms with Gasteiger partial charge in [0.15, 0.2) is 0 Å². The molecular formula is C24H37Cl2N3. The van der Waals surface area contributed by atoms with Crippen LogP contribution in [0.2, 0.25) is 10.0 Å². The average Bonchev–Trinajstić information content (AvgIpc) is 2.68. The first kappa shape index (κ1) is 25.6. The van der Waals surface area contributed by atoms with E-state index in [1.165, 1.54) is 13.1 Å². The molecule has 0 aliphatic heterocycles. The summed E-state index contributed by atoms with van der Waals surface area (Å²) in [5.41, 5.74) is 4.43. The second kappa shape index (κ2) is 12.3. The molecule has 0 unspecified atom stereocenters. The molecule has 0 saturated heterocycles. The number of benzene rings is 2. The standard InChI is InChI=1S/C23H34Cl2N3.CH3/c1-5-28(4,14-6-12-26-20-10-8-18(2)22(24)16-20)15-7-13-27-21-11-9-19(3)23(25)17-21;/h8-11,16-17,26-27H,5-7,12-15H2,1-4H3;1H3/q+1;-1. The number of nitrogens with one attached hydrogen (secondary N) is 2. The van der Waals surface area contributed by atoms with E-state index in [9.17, 15) is 0 Å². The van der Waals surface area contributed by atoms with Gasteiger partial charge in [-0.05, 0) is 56.2 Å². The SMILES string of the molecule is CC[N+](C)(CCCNc1ccc(C)c(Cl)c1)CCCNc1ccc(C)c(Cl)c1.[CH3-]. The summed E-state index contributed by atoms with van der Waals surface area (Å²) in [6.45, 7) is 11.7. The number of anilines is 2. The first-order chi connectivity index (χ1) is 13.3. The van der Waals surface area contributed by atoms with Crippen molar-refractivity contribution in [2.24, 2.45) is 0 Å². The lowest BCUT2D eigenvalue weighted by atomic mass is 10.2. The van der Waals surface area contributed by atoms with Crippen LogP contribution in [0, 0.1) is 21.3 Å². The lowest BCUT2D eigenvalue weighted by molar-refractivity contribution is -0.907. The third kappa shape index (κ3) is 8.46. The highest BCUT2D eigenvalue weighted by Gasteiger charge is 2.18. The van der Waals surface area contributed by atoms with E-state index >= 15 is 0 Å². The molecule has 2 rings (SSSR count). The van der Waals surface area contributed by atoms with E-state index in [0.29, 0.717) is 0 Å². The lowest BCUT2D eigenvalue weighted by Gasteiger charge is -2.33. The van der Waals surface area contributed by atoms with Gasteiger partial charge in [0, 0.05) is 47.4 Å². The Balaban J connectivity index is 0.00000420. The minimum atomic E-state index is 0. The van der Waals surface area contributed by atoms with Crippen LogP contribution in [0.1, 0.15) is 30.9 Å². The van der Waals surface area contributed by atoms with E-state index in [1.54, 1.807) is 0 Å². The van der Waals surface area contributed by atoms with Crippen molar-refractivity contribution in [2.45, 2.75) is 33.6 Å². The summed E-state index contributed by atoms with van der Waals surface area (Å²) < 4.78 is 1.09. The van der Waals surface area contributed by atoms with E-state index in [4.69, 9.17) is 23.2 Å². The zero-order chi connectivity index (χ0) is 20.6. The quantitative estimate of drug-likeness (QED) is 0.228. The van der Waals surface area contributed by atoms with E-state index in [0.717, 1.165) is 69.5 Å². The Morgan fingerprint density at radius 3 is 1.55 bits per heavy atom. The first-order valence-corrected chi connectivity index (χ1v) is 10.9. The first-order valence-electron chi connectivity index (χ1n) is 10.2. The van der Waals surface area contributed by atoms with Gasteiger partial charge in [0.1, 0.15) is 0 Å². The fourth-order valence-electron chi connectivity index (χ4n) is 3.22. The number of hydrogen-bond donors (Lipinski definition) is 2. The number of quaternary nitrogens is 1. The summed E-state index contributed by atoms with van der Waals surface area (Å²) >= 11 is 12.4. The monoisotopic (exact) mass is 437 g/mol. The van der Waals surface area contributed by atoms with Gasteiger partial charge in [0.25, 0.3) is 0 Å². The third-order valence-corrected chi connectivity index (χ3v) is 6.33. The fourth-order valence-corrected chi connectivity index (χ4v) is 3.58. The summed E-state index contributed by atoms with van der Waals surface area (Å²) in [6.07, 6.45) is 2.27. The molecule has 0 heterocycles. The molecule has 0 aliphatic rings. The van der Waals surface area contributed by atoms with Gasteiger partial charge in [-0.3, -0.25) is 0 Å². The van der Waals surface area contributed by atoms with Crippen molar-refractivity contribution >= 4 is 34.6 Å². The molecule has 3 nitrogen and oxygen atoms in total. The molecule has 0 aliphatic carbocycles. The molecule has 0 fully saturated rings. The topological polar surface area (TPSA) is 24.1 Å². The smallest absolute Gasteiger partial charge is 0.0801 e. The van der Waals surface area contributed by atoms with Crippen molar-refractivity contribution in [3.8, 4) is 0 Å². The maximum Gasteiger partial charge on any atom is 0.0801 e. The summed E-state index contributed by atoms with van der Waals surface area (Å²) in [4.78, 5) is 0. The molecule has 162 valence electrons. The van der Waals surface area contributed by atoms with Crippen molar-refractivity contribution < 1.29 is 4.48 Å². The van der Waals surface area contributed by atoms with Gasteiger partial charge in [0.2, 0.25) is 0 Å². The highest BCUT2D eigenvalue weighted by molar-refractivity contribution is 6.31. The van der Waals surface area contributed by atoms with Crippen LogP contribution in [0.5, 0.6) is 0 Å². The maximum atomic E-state index is 6.20. The molecule has 0 spiro atoms. The van der Waals surface area contributed by atoms with Gasteiger partial charge in [-0.1, -0.05) is 35.3 Å². The largest absolute Gasteiger partial charge is 0.385 e. The molecule has 0 aromatic heterocycles.